The lowest BCUT2D eigenvalue weighted by atomic mass is 9.91. The summed E-state index contributed by atoms with van der Waals surface area (Å²) in [5.74, 6) is -0.651. The van der Waals surface area contributed by atoms with Crippen molar-refractivity contribution in [1.29, 1.82) is 0 Å². The number of aliphatic carboxylic acids is 1. The van der Waals surface area contributed by atoms with Gasteiger partial charge in [-0.3, -0.25) is 9.59 Å². The normalized spacial score (nSPS) is 28.8. The first-order valence-corrected chi connectivity index (χ1v) is 6.35. The zero-order valence-corrected chi connectivity index (χ0v) is 10.2. The Morgan fingerprint density at radius 2 is 2.06 bits per heavy atom. The predicted molar refractivity (Wildman–Crippen MR) is 62.6 cm³/mol. The van der Waals surface area contributed by atoms with Gasteiger partial charge < -0.3 is 15.3 Å². The topological polar surface area (TPSA) is 69.6 Å². The second kappa shape index (κ2) is 5.04. The van der Waals surface area contributed by atoms with E-state index in [0.717, 1.165) is 32.2 Å². The fraction of sp³-hybridized carbons (Fsp3) is 0.833. The first-order valence-electron chi connectivity index (χ1n) is 6.35. The summed E-state index contributed by atoms with van der Waals surface area (Å²) in [6, 6.07) is -0.0294. The molecule has 2 N–H and O–H groups in total. The van der Waals surface area contributed by atoms with Crippen molar-refractivity contribution in [2.75, 3.05) is 13.1 Å². The molecule has 2 unspecified atom stereocenters. The van der Waals surface area contributed by atoms with E-state index in [1.165, 1.54) is 0 Å². The van der Waals surface area contributed by atoms with Crippen molar-refractivity contribution in [3.8, 4) is 0 Å². The molecule has 5 nitrogen and oxygen atoms in total. The molecule has 1 aliphatic heterocycles. The third-order valence-electron chi connectivity index (χ3n) is 3.61. The average molecular weight is 240 g/mol. The molecule has 5 heteroatoms. The summed E-state index contributed by atoms with van der Waals surface area (Å²) in [7, 11) is 0. The third kappa shape index (κ3) is 2.97. The number of carboxylic acids is 1. The van der Waals surface area contributed by atoms with Gasteiger partial charge in [0, 0.05) is 6.04 Å². The van der Waals surface area contributed by atoms with Crippen molar-refractivity contribution >= 4 is 11.9 Å². The maximum Gasteiger partial charge on any atom is 0.323 e. The minimum Gasteiger partial charge on any atom is -0.480 e. The maximum atomic E-state index is 12.3. The number of rotatable bonds is 4. The monoisotopic (exact) mass is 240 g/mol. The molecule has 0 bridgehead atoms. The average Bonchev–Trinajstić information content (AvgIpc) is 3.09. The van der Waals surface area contributed by atoms with E-state index in [4.69, 9.17) is 5.11 Å². The molecule has 2 fully saturated rings. The molecular formula is C12H20N2O3. The molecule has 2 atom stereocenters. The van der Waals surface area contributed by atoms with Crippen molar-refractivity contribution in [3.63, 3.8) is 0 Å². The second-order valence-electron chi connectivity index (χ2n) is 5.14. The Morgan fingerprint density at radius 1 is 1.35 bits per heavy atom. The highest BCUT2D eigenvalue weighted by Gasteiger charge is 2.39. The van der Waals surface area contributed by atoms with Crippen LogP contribution in [0.2, 0.25) is 0 Å². The smallest absolute Gasteiger partial charge is 0.323 e. The fourth-order valence-corrected chi connectivity index (χ4v) is 2.48. The van der Waals surface area contributed by atoms with E-state index in [-0.39, 0.29) is 24.5 Å². The lowest BCUT2D eigenvalue weighted by Crippen LogP contribution is -2.53. The molecular weight excluding hydrogens is 220 g/mol. The number of amides is 1. The van der Waals surface area contributed by atoms with Crippen LogP contribution >= 0.6 is 0 Å². The van der Waals surface area contributed by atoms with Crippen molar-refractivity contribution in [2.45, 2.75) is 44.7 Å². The molecule has 0 aromatic rings. The molecule has 1 amide bonds. The first-order chi connectivity index (χ1) is 8.09. The van der Waals surface area contributed by atoms with Crippen molar-refractivity contribution in [1.82, 2.24) is 10.2 Å². The van der Waals surface area contributed by atoms with Gasteiger partial charge in [0.15, 0.2) is 0 Å². The van der Waals surface area contributed by atoms with Gasteiger partial charge in [0.1, 0.15) is 6.54 Å². The molecule has 0 aromatic carbocycles. The molecule has 0 spiro atoms. The Hall–Kier alpha value is -1.10. The Kier molecular flexibility index (Phi) is 3.66. The van der Waals surface area contributed by atoms with Crippen LogP contribution < -0.4 is 5.32 Å². The summed E-state index contributed by atoms with van der Waals surface area (Å²) in [4.78, 5) is 24.7. The highest BCUT2D eigenvalue weighted by molar-refractivity contribution is 5.86. The van der Waals surface area contributed by atoms with Gasteiger partial charge in [-0.15, -0.1) is 0 Å². The SMILES string of the molecule is CC1CCCNC1C(=O)N(CC(=O)O)C1CC1. The molecule has 2 rings (SSSR count). The number of carbonyl (C=O) groups excluding carboxylic acids is 1. The second-order valence-corrected chi connectivity index (χ2v) is 5.14. The number of hydrogen-bond acceptors (Lipinski definition) is 3. The predicted octanol–water partition coefficient (Wildman–Crippen LogP) is 0.450. The minimum absolute atomic E-state index is 0.0258. The van der Waals surface area contributed by atoms with E-state index in [9.17, 15) is 9.59 Å². The van der Waals surface area contributed by atoms with Gasteiger partial charge in [-0.25, -0.2) is 0 Å². The molecule has 0 radical (unpaired) electrons. The van der Waals surface area contributed by atoms with Gasteiger partial charge in [0.2, 0.25) is 5.91 Å². The first kappa shape index (κ1) is 12.4. The lowest BCUT2D eigenvalue weighted by Gasteiger charge is -2.33. The fourth-order valence-electron chi connectivity index (χ4n) is 2.48. The third-order valence-corrected chi connectivity index (χ3v) is 3.61. The molecule has 0 aromatic heterocycles. The Bertz CT molecular complexity index is 315. The van der Waals surface area contributed by atoms with E-state index in [0.29, 0.717) is 5.92 Å². The molecule has 1 heterocycles. The lowest BCUT2D eigenvalue weighted by molar-refractivity contribution is -0.146. The maximum absolute atomic E-state index is 12.3. The largest absolute Gasteiger partial charge is 0.480 e. The van der Waals surface area contributed by atoms with E-state index < -0.39 is 5.97 Å². The number of carbonyl (C=O) groups is 2. The molecule has 1 aliphatic carbocycles. The number of nitrogens with zero attached hydrogens (tertiary/aromatic N) is 1. The van der Waals surface area contributed by atoms with Crippen LogP contribution in [0.25, 0.3) is 0 Å². The number of piperidine rings is 1. The van der Waals surface area contributed by atoms with E-state index in [1.54, 1.807) is 4.90 Å². The van der Waals surface area contributed by atoms with Crippen molar-refractivity contribution in [3.05, 3.63) is 0 Å². The van der Waals surface area contributed by atoms with Crippen molar-refractivity contribution in [2.24, 2.45) is 5.92 Å². The highest BCUT2D eigenvalue weighted by Crippen LogP contribution is 2.28. The molecule has 2 aliphatic rings. The van der Waals surface area contributed by atoms with Crippen LogP contribution in [0.4, 0.5) is 0 Å². The molecule has 96 valence electrons. The standard InChI is InChI=1S/C12H20N2O3/c1-8-3-2-6-13-11(8)12(17)14(7-10(15)16)9-4-5-9/h8-9,11,13H,2-7H2,1H3,(H,15,16). The summed E-state index contributed by atoms with van der Waals surface area (Å²) < 4.78 is 0. The Morgan fingerprint density at radius 3 is 2.59 bits per heavy atom. The molecule has 1 saturated heterocycles. The molecule has 17 heavy (non-hydrogen) atoms. The van der Waals surface area contributed by atoms with Gasteiger partial charge in [-0.2, -0.15) is 0 Å². The Labute approximate surface area is 101 Å². The number of nitrogens with one attached hydrogen (secondary N) is 1. The number of hydrogen-bond donors (Lipinski definition) is 2. The summed E-state index contributed by atoms with van der Waals surface area (Å²) in [5, 5.41) is 12.1. The van der Waals surface area contributed by atoms with Gasteiger partial charge in [-0.05, 0) is 38.1 Å². The van der Waals surface area contributed by atoms with Crippen LogP contribution in [0.1, 0.15) is 32.6 Å². The number of carboxylic acid groups (broad SMARTS) is 1. The van der Waals surface area contributed by atoms with E-state index in [1.807, 2.05) is 0 Å². The van der Waals surface area contributed by atoms with Gasteiger partial charge in [0.05, 0.1) is 6.04 Å². The van der Waals surface area contributed by atoms with Crippen LogP contribution in [0.5, 0.6) is 0 Å². The van der Waals surface area contributed by atoms with Crippen LogP contribution in [-0.2, 0) is 9.59 Å². The molecule has 1 saturated carbocycles. The highest BCUT2D eigenvalue weighted by atomic mass is 16.4. The summed E-state index contributed by atoms with van der Waals surface area (Å²) in [6.07, 6.45) is 4.02. The zero-order valence-electron chi connectivity index (χ0n) is 10.2. The minimum atomic E-state index is -0.922. The Balaban J connectivity index is 2.01. The summed E-state index contributed by atoms with van der Waals surface area (Å²) in [5.41, 5.74) is 0. The van der Waals surface area contributed by atoms with E-state index in [2.05, 4.69) is 12.2 Å². The quantitative estimate of drug-likeness (QED) is 0.748. The zero-order chi connectivity index (χ0) is 12.4. The van der Waals surface area contributed by atoms with Gasteiger partial charge >= 0.3 is 5.97 Å². The van der Waals surface area contributed by atoms with Gasteiger partial charge in [0.25, 0.3) is 0 Å². The summed E-state index contributed by atoms with van der Waals surface area (Å²) in [6.45, 7) is 2.75. The van der Waals surface area contributed by atoms with Gasteiger partial charge in [-0.1, -0.05) is 6.92 Å². The van der Waals surface area contributed by atoms with Crippen LogP contribution in [0.15, 0.2) is 0 Å². The van der Waals surface area contributed by atoms with Crippen LogP contribution in [0, 0.1) is 5.92 Å². The van der Waals surface area contributed by atoms with Crippen LogP contribution in [-0.4, -0.2) is 47.1 Å². The van der Waals surface area contributed by atoms with Crippen LogP contribution in [0.3, 0.4) is 0 Å². The summed E-state index contributed by atoms with van der Waals surface area (Å²) >= 11 is 0. The van der Waals surface area contributed by atoms with Crippen molar-refractivity contribution < 1.29 is 14.7 Å². The van der Waals surface area contributed by atoms with E-state index >= 15 is 0 Å².